The molecule has 6 heteroatoms. The molecule has 4 aromatic rings. The van der Waals surface area contributed by atoms with Gasteiger partial charge < -0.3 is 5.32 Å². The zero-order valence-corrected chi connectivity index (χ0v) is 19.0. The summed E-state index contributed by atoms with van der Waals surface area (Å²) < 4.78 is 25.5. The predicted molar refractivity (Wildman–Crippen MR) is 131 cm³/mol. The zero-order chi connectivity index (χ0) is 22.3. The summed E-state index contributed by atoms with van der Waals surface area (Å²) in [6.07, 6.45) is 3.89. The molecular formula is C26H25N3O2S. The van der Waals surface area contributed by atoms with Gasteiger partial charge >= 0.3 is 0 Å². The van der Waals surface area contributed by atoms with Gasteiger partial charge in [-0.05, 0) is 59.7 Å². The van der Waals surface area contributed by atoms with Gasteiger partial charge in [0.25, 0.3) is 0 Å². The summed E-state index contributed by atoms with van der Waals surface area (Å²) in [5.74, 6) is 0. The van der Waals surface area contributed by atoms with Crippen molar-refractivity contribution in [3.05, 3.63) is 89.6 Å². The van der Waals surface area contributed by atoms with Crippen LogP contribution in [0.4, 0.5) is 11.4 Å². The molecule has 32 heavy (non-hydrogen) atoms. The molecule has 0 fully saturated rings. The number of benzene rings is 3. The van der Waals surface area contributed by atoms with Crippen LogP contribution in [0.25, 0.3) is 22.0 Å². The van der Waals surface area contributed by atoms with Crippen molar-refractivity contribution in [2.24, 2.45) is 0 Å². The number of hydrogen-bond donors (Lipinski definition) is 1. The zero-order valence-electron chi connectivity index (χ0n) is 18.2. The Kier molecular flexibility index (Phi) is 5.19. The lowest BCUT2D eigenvalue weighted by atomic mass is 9.98. The van der Waals surface area contributed by atoms with Crippen LogP contribution in [0.15, 0.2) is 72.9 Å². The van der Waals surface area contributed by atoms with Crippen LogP contribution in [-0.4, -0.2) is 30.5 Å². The summed E-state index contributed by atoms with van der Waals surface area (Å²) in [7, 11) is -3.19. The van der Waals surface area contributed by atoms with E-state index in [1.54, 1.807) is 0 Å². The molecule has 0 atom stereocenters. The number of sulfonamides is 1. The minimum atomic E-state index is -3.19. The van der Waals surface area contributed by atoms with Crippen molar-refractivity contribution in [1.82, 2.24) is 9.29 Å². The number of fused-ring (bicyclic) bond motifs is 2. The first kappa shape index (κ1) is 20.7. The summed E-state index contributed by atoms with van der Waals surface area (Å²) in [6.45, 7) is 3.02. The SMILES string of the molecule is Cc1ccc(Nc2cccc3c2CCN(S(C)(=O)=O)C3)cc1-c1cc2ccccc2cn1. The molecular weight excluding hydrogens is 418 g/mol. The first-order chi connectivity index (χ1) is 15.4. The van der Waals surface area contributed by atoms with Crippen LogP contribution in [0.2, 0.25) is 0 Å². The van der Waals surface area contributed by atoms with E-state index in [1.807, 2.05) is 30.5 Å². The van der Waals surface area contributed by atoms with Gasteiger partial charge in [0.1, 0.15) is 0 Å². The van der Waals surface area contributed by atoms with Crippen molar-refractivity contribution >= 4 is 32.2 Å². The molecule has 2 heterocycles. The van der Waals surface area contributed by atoms with E-state index in [1.165, 1.54) is 21.5 Å². The molecule has 1 N–H and O–H groups in total. The summed E-state index contributed by atoms with van der Waals surface area (Å²) in [5.41, 5.74) is 7.44. The molecule has 0 radical (unpaired) electrons. The quantitative estimate of drug-likeness (QED) is 0.467. The highest BCUT2D eigenvalue weighted by molar-refractivity contribution is 7.88. The average Bonchev–Trinajstić information content (AvgIpc) is 2.79. The number of anilines is 2. The van der Waals surface area contributed by atoms with Gasteiger partial charge in [0.15, 0.2) is 0 Å². The van der Waals surface area contributed by atoms with Crippen LogP contribution >= 0.6 is 0 Å². The van der Waals surface area contributed by atoms with E-state index in [2.05, 4.69) is 54.7 Å². The number of aromatic nitrogens is 1. The molecule has 5 nitrogen and oxygen atoms in total. The van der Waals surface area contributed by atoms with E-state index >= 15 is 0 Å². The molecule has 0 bridgehead atoms. The molecule has 5 rings (SSSR count). The molecule has 0 saturated heterocycles. The molecule has 0 amide bonds. The van der Waals surface area contributed by atoms with E-state index in [0.29, 0.717) is 19.5 Å². The maximum absolute atomic E-state index is 12.0. The molecule has 0 spiro atoms. The highest BCUT2D eigenvalue weighted by atomic mass is 32.2. The standard InChI is InChI=1S/C26H25N3O2S/c1-18-10-11-22(15-24(18)26-14-19-6-3-4-7-20(19)16-27-26)28-25-9-5-8-21-17-29(32(2,30)31)13-12-23(21)25/h3-11,14-16,28H,12-13,17H2,1-2H3. The van der Waals surface area contributed by atoms with Crippen molar-refractivity contribution < 1.29 is 8.42 Å². The van der Waals surface area contributed by atoms with Crippen molar-refractivity contribution in [1.29, 1.82) is 0 Å². The molecule has 162 valence electrons. The van der Waals surface area contributed by atoms with Crippen molar-refractivity contribution in [2.75, 3.05) is 18.1 Å². The maximum atomic E-state index is 12.0. The summed E-state index contributed by atoms with van der Waals surface area (Å²) in [4.78, 5) is 4.70. The minimum Gasteiger partial charge on any atom is -0.355 e. The number of nitrogens with one attached hydrogen (secondary N) is 1. The van der Waals surface area contributed by atoms with E-state index in [0.717, 1.165) is 39.1 Å². The number of pyridine rings is 1. The second-order valence-electron chi connectivity index (χ2n) is 8.36. The van der Waals surface area contributed by atoms with E-state index in [9.17, 15) is 8.42 Å². The van der Waals surface area contributed by atoms with Gasteiger partial charge in [0.2, 0.25) is 10.0 Å². The second-order valence-corrected chi connectivity index (χ2v) is 10.3. The Hall–Kier alpha value is -3.22. The normalized spacial score (nSPS) is 14.3. The largest absolute Gasteiger partial charge is 0.355 e. The van der Waals surface area contributed by atoms with E-state index in [-0.39, 0.29) is 0 Å². The monoisotopic (exact) mass is 443 g/mol. The highest BCUT2D eigenvalue weighted by Crippen LogP contribution is 2.32. The van der Waals surface area contributed by atoms with Crippen molar-refractivity contribution in [3.8, 4) is 11.3 Å². The number of hydrogen-bond acceptors (Lipinski definition) is 4. The Bertz CT molecular complexity index is 1430. The fourth-order valence-electron chi connectivity index (χ4n) is 4.35. The third-order valence-electron chi connectivity index (χ3n) is 6.12. The van der Waals surface area contributed by atoms with Crippen LogP contribution < -0.4 is 5.32 Å². The lowest BCUT2D eigenvalue weighted by Crippen LogP contribution is -2.35. The summed E-state index contributed by atoms with van der Waals surface area (Å²) >= 11 is 0. The fourth-order valence-corrected chi connectivity index (χ4v) is 5.14. The molecule has 0 saturated carbocycles. The Morgan fingerprint density at radius 1 is 0.969 bits per heavy atom. The molecule has 1 aliphatic heterocycles. The van der Waals surface area contributed by atoms with Crippen LogP contribution in [-0.2, 0) is 23.0 Å². The Morgan fingerprint density at radius 2 is 1.78 bits per heavy atom. The van der Waals surface area contributed by atoms with Crippen LogP contribution in [0.3, 0.4) is 0 Å². The van der Waals surface area contributed by atoms with Gasteiger partial charge in [-0.15, -0.1) is 0 Å². The second kappa shape index (κ2) is 8.04. The van der Waals surface area contributed by atoms with Gasteiger partial charge in [0.05, 0.1) is 11.9 Å². The van der Waals surface area contributed by atoms with E-state index in [4.69, 9.17) is 4.98 Å². The number of aryl methyl sites for hydroxylation is 1. The van der Waals surface area contributed by atoms with Crippen molar-refractivity contribution in [3.63, 3.8) is 0 Å². The minimum absolute atomic E-state index is 0.420. The lowest BCUT2D eigenvalue weighted by Gasteiger charge is -2.28. The Morgan fingerprint density at radius 3 is 2.59 bits per heavy atom. The van der Waals surface area contributed by atoms with Gasteiger partial charge in [-0.2, -0.15) is 4.31 Å². The van der Waals surface area contributed by atoms with Crippen molar-refractivity contribution in [2.45, 2.75) is 19.9 Å². The van der Waals surface area contributed by atoms with E-state index < -0.39 is 10.0 Å². The highest BCUT2D eigenvalue weighted by Gasteiger charge is 2.24. The van der Waals surface area contributed by atoms with Gasteiger partial charge in [-0.25, -0.2) is 8.42 Å². The number of nitrogens with zero attached hydrogens (tertiary/aromatic N) is 2. The van der Waals surface area contributed by atoms with Gasteiger partial charge in [-0.1, -0.05) is 42.5 Å². The van der Waals surface area contributed by atoms with Crippen LogP contribution in [0.5, 0.6) is 0 Å². The average molecular weight is 444 g/mol. The molecule has 1 aliphatic rings. The molecule has 0 aliphatic carbocycles. The maximum Gasteiger partial charge on any atom is 0.211 e. The number of rotatable bonds is 4. The third-order valence-corrected chi connectivity index (χ3v) is 7.37. The molecule has 1 aromatic heterocycles. The van der Waals surface area contributed by atoms with Gasteiger partial charge in [-0.3, -0.25) is 4.98 Å². The van der Waals surface area contributed by atoms with Gasteiger partial charge in [0, 0.05) is 41.6 Å². The smallest absolute Gasteiger partial charge is 0.211 e. The third kappa shape index (κ3) is 3.99. The predicted octanol–water partition coefficient (Wildman–Crippen LogP) is 5.27. The summed E-state index contributed by atoms with van der Waals surface area (Å²) in [5, 5.41) is 5.86. The lowest BCUT2D eigenvalue weighted by molar-refractivity contribution is 0.395. The molecule has 3 aromatic carbocycles. The first-order valence-corrected chi connectivity index (χ1v) is 12.5. The topological polar surface area (TPSA) is 62.3 Å². The Balaban J connectivity index is 1.47. The first-order valence-electron chi connectivity index (χ1n) is 10.7. The fraction of sp³-hybridized carbons (Fsp3) is 0.192. The van der Waals surface area contributed by atoms with Crippen LogP contribution in [0.1, 0.15) is 16.7 Å². The van der Waals surface area contributed by atoms with Crippen LogP contribution in [0, 0.1) is 6.92 Å². The molecule has 0 unspecified atom stereocenters. The Labute approximate surface area is 188 Å². The summed E-state index contributed by atoms with van der Waals surface area (Å²) in [6, 6.07) is 22.7.